The number of hydrogen-bond acceptors (Lipinski definition) is 3. The fraction of sp³-hybridized carbons (Fsp3) is 0.444. The normalized spacial score (nSPS) is 20.4. The summed E-state index contributed by atoms with van der Waals surface area (Å²) >= 11 is 0. The third-order valence-corrected chi connectivity index (χ3v) is 5.05. The minimum Gasteiger partial charge on any atom is -0.400 e. The molecule has 0 bridgehead atoms. The molecular weight excluding hydrogens is 287 g/mol. The second-order valence-corrected chi connectivity index (χ2v) is 7.26. The molecule has 1 aliphatic heterocycles. The Morgan fingerprint density at radius 1 is 1.17 bits per heavy atom. The molecule has 0 atom stereocenters. The monoisotopic (exact) mass is 312 g/mol. The van der Waals surface area contributed by atoms with Crippen LogP contribution in [-0.4, -0.2) is 29.4 Å². The van der Waals surface area contributed by atoms with Gasteiger partial charge in [-0.05, 0) is 56.9 Å². The van der Waals surface area contributed by atoms with Crippen LogP contribution in [0.1, 0.15) is 33.3 Å². The zero-order valence-corrected chi connectivity index (χ0v) is 14.6. The largest absolute Gasteiger partial charge is 0.491 e. The van der Waals surface area contributed by atoms with Crippen LogP contribution in [0.3, 0.4) is 0 Å². The Morgan fingerprint density at radius 2 is 1.83 bits per heavy atom. The lowest BCUT2D eigenvalue weighted by molar-refractivity contribution is 0.00578. The summed E-state index contributed by atoms with van der Waals surface area (Å²) in [6, 6.07) is 8.50. The minimum atomic E-state index is -0.392. The number of aryl methyl sites for hydroxylation is 1. The molecule has 1 fully saturated rings. The predicted molar refractivity (Wildman–Crippen MR) is 96.0 cm³/mol. The highest BCUT2D eigenvalue weighted by atomic mass is 16.7. The summed E-state index contributed by atoms with van der Waals surface area (Å²) in [7, 11) is 1.66. The summed E-state index contributed by atoms with van der Waals surface area (Å²) in [5.41, 5.74) is 8.54. The molecular formula is C18H25BN2O2. The number of benzene rings is 1. The third kappa shape index (κ3) is 2.85. The van der Waals surface area contributed by atoms with E-state index >= 15 is 0 Å². The Kier molecular flexibility index (Phi) is 3.91. The van der Waals surface area contributed by atoms with Crippen molar-refractivity contribution >= 4 is 24.1 Å². The van der Waals surface area contributed by atoms with Gasteiger partial charge < -0.3 is 19.6 Å². The molecule has 4 nitrogen and oxygen atoms in total. The molecule has 2 N–H and O–H groups in total. The smallest absolute Gasteiger partial charge is 0.400 e. The molecule has 0 saturated carbocycles. The Balaban J connectivity index is 1.92. The lowest BCUT2D eigenvalue weighted by Crippen LogP contribution is -2.41. The van der Waals surface area contributed by atoms with Gasteiger partial charge in [0.15, 0.2) is 0 Å². The summed E-state index contributed by atoms with van der Waals surface area (Å²) in [6.45, 7) is 8.62. The van der Waals surface area contributed by atoms with Gasteiger partial charge in [-0.2, -0.15) is 0 Å². The SMILES string of the molecule is Cn1ccc2cc(C=C(CN)B3OC(C)(C)C(C)(C)O3)ccc21. The molecule has 1 aromatic carbocycles. The standard InChI is InChI=1S/C18H25BN2O2/c1-17(2)18(3,4)23-19(22-17)15(12-20)11-13-6-7-16-14(10-13)8-9-21(16)5/h6-11H,12,20H2,1-5H3. The molecule has 1 saturated heterocycles. The molecule has 122 valence electrons. The van der Waals surface area contributed by atoms with Gasteiger partial charge in [-0.15, -0.1) is 0 Å². The van der Waals surface area contributed by atoms with Gasteiger partial charge in [-0.3, -0.25) is 0 Å². The summed E-state index contributed by atoms with van der Waals surface area (Å²) in [6.07, 6.45) is 4.14. The molecule has 2 aromatic rings. The van der Waals surface area contributed by atoms with Crippen molar-refractivity contribution in [3.63, 3.8) is 0 Å². The van der Waals surface area contributed by atoms with Crippen LogP contribution in [0, 0.1) is 0 Å². The average Bonchev–Trinajstić information content (AvgIpc) is 2.94. The van der Waals surface area contributed by atoms with Crippen LogP contribution in [0.5, 0.6) is 0 Å². The van der Waals surface area contributed by atoms with E-state index in [0.29, 0.717) is 6.54 Å². The van der Waals surface area contributed by atoms with E-state index in [-0.39, 0.29) is 11.2 Å². The van der Waals surface area contributed by atoms with E-state index in [4.69, 9.17) is 15.0 Å². The maximum atomic E-state index is 6.11. The van der Waals surface area contributed by atoms with Crippen molar-refractivity contribution in [1.29, 1.82) is 0 Å². The molecule has 0 aliphatic carbocycles. The highest BCUT2D eigenvalue weighted by molar-refractivity contribution is 6.55. The molecule has 5 heteroatoms. The molecule has 0 radical (unpaired) electrons. The van der Waals surface area contributed by atoms with Crippen molar-refractivity contribution in [3.8, 4) is 0 Å². The van der Waals surface area contributed by atoms with E-state index in [1.54, 1.807) is 0 Å². The lowest BCUT2D eigenvalue weighted by Gasteiger charge is -2.32. The van der Waals surface area contributed by atoms with Crippen molar-refractivity contribution in [2.24, 2.45) is 12.8 Å². The second-order valence-electron chi connectivity index (χ2n) is 7.26. The zero-order valence-electron chi connectivity index (χ0n) is 14.6. The first-order valence-corrected chi connectivity index (χ1v) is 8.05. The van der Waals surface area contributed by atoms with Crippen LogP contribution in [0.25, 0.3) is 17.0 Å². The van der Waals surface area contributed by atoms with Crippen molar-refractivity contribution < 1.29 is 9.31 Å². The van der Waals surface area contributed by atoms with Crippen LogP contribution in [0.2, 0.25) is 0 Å². The van der Waals surface area contributed by atoms with Crippen molar-refractivity contribution in [2.45, 2.75) is 38.9 Å². The van der Waals surface area contributed by atoms with Gasteiger partial charge in [-0.25, -0.2) is 0 Å². The lowest BCUT2D eigenvalue weighted by atomic mass is 9.77. The Hall–Kier alpha value is -1.56. The maximum Gasteiger partial charge on any atom is 0.491 e. The molecule has 0 unspecified atom stereocenters. The van der Waals surface area contributed by atoms with Crippen molar-refractivity contribution in [1.82, 2.24) is 4.57 Å². The van der Waals surface area contributed by atoms with Gasteiger partial charge in [0.2, 0.25) is 0 Å². The molecule has 23 heavy (non-hydrogen) atoms. The van der Waals surface area contributed by atoms with Gasteiger partial charge >= 0.3 is 7.12 Å². The van der Waals surface area contributed by atoms with E-state index < -0.39 is 7.12 Å². The molecule has 2 heterocycles. The maximum absolute atomic E-state index is 6.11. The van der Waals surface area contributed by atoms with Crippen LogP contribution in [0.4, 0.5) is 0 Å². The first-order valence-electron chi connectivity index (χ1n) is 8.05. The van der Waals surface area contributed by atoms with Gasteiger partial charge in [0, 0.05) is 30.7 Å². The van der Waals surface area contributed by atoms with Crippen molar-refractivity contribution in [3.05, 3.63) is 41.5 Å². The topological polar surface area (TPSA) is 49.4 Å². The third-order valence-electron chi connectivity index (χ3n) is 5.05. The number of nitrogens with zero attached hydrogens (tertiary/aromatic N) is 1. The van der Waals surface area contributed by atoms with Crippen LogP contribution in [0.15, 0.2) is 35.9 Å². The zero-order chi connectivity index (χ0) is 16.8. The van der Waals surface area contributed by atoms with Gasteiger partial charge in [-0.1, -0.05) is 12.1 Å². The summed E-state index contributed by atoms with van der Waals surface area (Å²) in [5.74, 6) is 0. The molecule has 0 amide bonds. The number of fused-ring (bicyclic) bond motifs is 1. The highest BCUT2D eigenvalue weighted by Crippen LogP contribution is 2.38. The Morgan fingerprint density at radius 3 is 2.43 bits per heavy atom. The summed E-state index contributed by atoms with van der Waals surface area (Å²) in [4.78, 5) is 0. The first-order chi connectivity index (χ1) is 10.7. The van der Waals surface area contributed by atoms with Gasteiger partial charge in [0.25, 0.3) is 0 Å². The van der Waals surface area contributed by atoms with Crippen molar-refractivity contribution in [2.75, 3.05) is 6.54 Å². The minimum absolute atomic E-state index is 0.352. The molecule has 0 spiro atoms. The summed E-state index contributed by atoms with van der Waals surface area (Å²) in [5, 5.41) is 1.21. The van der Waals surface area contributed by atoms with E-state index in [1.807, 2.05) is 7.05 Å². The predicted octanol–water partition coefficient (Wildman–Crippen LogP) is 3.15. The first kappa shape index (κ1) is 16.3. The van der Waals surface area contributed by atoms with Crippen LogP contribution < -0.4 is 5.73 Å². The van der Waals surface area contributed by atoms with E-state index in [2.05, 4.69) is 68.8 Å². The van der Waals surface area contributed by atoms with Gasteiger partial charge in [0.05, 0.1) is 11.2 Å². The Labute approximate surface area is 138 Å². The fourth-order valence-corrected chi connectivity index (χ4v) is 2.82. The summed E-state index contributed by atoms with van der Waals surface area (Å²) < 4.78 is 14.3. The Bertz CT molecular complexity index is 745. The molecule has 3 rings (SSSR count). The quantitative estimate of drug-likeness (QED) is 0.886. The number of hydrogen-bond donors (Lipinski definition) is 1. The van der Waals surface area contributed by atoms with E-state index in [1.165, 1.54) is 10.9 Å². The second kappa shape index (κ2) is 5.51. The number of nitrogens with two attached hydrogens (primary N) is 1. The molecule has 1 aliphatic rings. The fourth-order valence-electron chi connectivity index (χ4n) is 2.82. The highest BCUT2D eigenvalue weighted by Gasteiger charge is 2.52. The average molecular weight is 312 g/mol. The van der Waals surface area contributed by atoms with Gasteiger partial charge in [0.1, 0.15) is 0 Å². The van der Waals surface area contributed by atoms with Crippen LogP contribution >= 0.6 is 0 Å². The van der Waals surface area contributed by atoms with E-state index in [0.717, 1.165) is 11.0 Å². The number of rotatable bonds is 3. The number of aromatic nitrogens is 1. The molecule has 1 aromatic heterocycles. The van der Waals surface area contributed by atoms with E-state index in [9.17, 15) is 0 Å². The van der Waals surface area contributed by atoms with Crippen LogP contribution in [-0.2, 0) is 16.4 Å².